The highest BCUT2D eigenvalue weighted by atomic mass is 32.2. The average molecular weight is 308 g/mol. The van der Waals surface area contributed by atoms with Crippen molar-refractivity contribution in [2.24, 2.45) is 0 Å². The number of benzene rings is 3. The molecule has 0 amide bonds. The van der Waals surface area contributed by atoms with Crippen LogP contribution in [0.4, 0.5) is 11.4 Å². The second-order valence-corrected chi connectivity index (χ2v) is 6.46. The highest BCUT2D eigenvalue weighted by Gasteiger charge is 2.26. The zero-order chi connectivity index (χ0) is 15.4. The van der Waals surface area contributed by atoms with Crippen molar-refractivity contribution in [1.29, 1.82) is 0 Å². The molecule has 0 aliphatic rings. The van der Waals surface area contributed by atoms with Crippen LogP contribution in [0.1, 0.15) is 0 Å². The molecule has 109 valence electrons. The smallest absolute Gasteiger partial charge is 0.235 e. The van der Waals surface area contributed by atoms with Gasteiger partial charge in [0.1, 0.15) is 0 Å². The third-order valence-electron chi connectivity index (χ3n) is 3.21. The Balaban J connectivity index is 2.19. The lowest BCUT2D eigenvalue weighted by atomic mass is 10.3. The standard InChI is InChI=1S/C18H14NO2S/c20-22(21,18-14-8-3-9-15-18)19(16-10-4-1-5-11-16)17-12-6-2-7-13-17/h1-2,4-15H. The topological polar surface area (TPSA) is 37.4 Å². The number of hydrogen-bond donors (Lipinski definition) is 0. The molecule has 0 bridgehead atoms. The van der Waals surface area contributed by atoms with E-state index < -0.39 is 10.0 Å². The zero-order valence-electron chi connectivity index (χ0n) is 11.8. The fraction of sp³-hybridized carbons (Fsp3) is 0. The first-order chi connectivity index (χ1) is 10.7. The maximum absolute atomic E-state index is 13.0. The second kappa shape index (κ2) is 6.03. The van der Waals surface area contributed by atoms with E-state index >= 15 is 0 Å². The molecule has 22 heavy (non-hydrogen) atoms. The van der Waals surface area contributed by atoms with Gasteiger partial charge in [0.2, 0.25) is 0 Å². The van der Waals surface area contributed by atoms with E-state index in [9.17, 15) is 8.42 Å². The molecule has 0 aliphatic heterocycles. The summed E-state index contributed by atoms with van der Waals surface area (Å²) in [5, 5.41) is 0. The summed E-state index contributed by atoms with van der Waals surface area (Å²) in [6.07, 6.45) is 0. The summed E-state index contributed by atoms with van der Waals surface area (Å²) < 4.78 is 27.4. The average Bonchev–Trinajstić information content (AvgIpc) is 2.58. The molecule has 0 fully saturated rings. The predicted octanol–water partition coefficient (Wildman–Crippen LogP) is 4.01. The van der Waals surface area contributed by atoms with E-state index in [0.717, 1.165) is 0 Å². The fourth-order valence-corrected chi connectivity index (χ4v) is 3.69. The van der Waals surface area contributed by atoms with Crippen molar-refractivity contribution in [1.82, 2.24) is 0 Å². The van der Waals surface area contributed by atoms with E-state index in [2.05, 4.69) is 6.07 Å². The summed E-state index contributed by atoms with van der Waals surface area (Å²) in [5.41, 5.74) is 1.20. The molecule has 0 heterocycles. The largest absolute Gasteiger partial charge is 0.268 e. The van der Waals surface area contributed by atoms with E-state index in [1.807, 2.05) is 36.4 Å². The van der Waals surface area contributed by atoms with E-state index in [-0.39, 0.29) is 4.90 Å². The third kappa shape index (κ3) is 2.73. The van der Waals surface area contributed by atoms with Crippen LogP contribution in [-0.2, 0) is 10.0 Å². The van der Waals surface area contributed by atoms with Crippen molar-refractivity contribution in [2.75, 3.05) is 4.31 Å². The van der Waals surface area contributed by atoms with Crippen molar-refractivity contribution in [2.45, 2.75) is 4.90 Å². The minimum atomic E-state index is -3.69. The molecule has 3 nitrogen and oxygen atoms in total. The summed E-state index contributed by atoms with van der Waals surface area (Å²) in [4.78, 5) is 0.235. The van der Waals surface area contributed by atoms with Crippen LogP contribution in [0.5, 0.6) is 0 Å². The SMILES string of the molecule is O=S(=O)(c1cc[c]cc1)N(c1ccccc1)c1ccccc1. The van der Waals surface area contributed by atoms with Gasteiger partial charge in [0.05, 0.1) is 16.3 Å². The van der Waals surface area contributed by atoms with Gasteiger partial charge in [-0.15, -0.1) is 0 Å². The van der Waals surface area contributed by atoms with Gasteiger partial charge >= 0.3 is 0 Å². The van der Waals surface area contributed by atoms with Crippen molar-refractivity contribution in [3.8, 4) is 0 Å². The van der Waals surface area contributed by atoms with Crippen LogP contribution in [0.25, 0.3) is 0 Å². The first kappa shape index (κ1) is 14.4. The van der Waals surface area contributed by atoms with Crippen molar-refractivity contribution >= 4 is 21.4 Å². The molecule has 0 saturated heterocycles. The van der Waals surface area contributed by atoms with Gasteiger partial charge in [-0.2, -0.15) is 0 Å². The minimum Gasteiger partial charge on any atom is -0.235 e. The van der Waals surface area contributed by atoms with Crippen LogP contribution in [0, 0.1) is 6.07 Å². The summed E-state index contributed by atoms with van der Waals surface area (Å²) in [6.45, 7) is 0. The van der Waals surface area contributed by atoms with Crippen LogP contribution in [0.15, 0.2) is 89.8 Å². The molecule has 0 aliphatic carbocycles. The Morgan fingerprint density at radius 1 is 0.682 bits per heavy atom. The number of nitrogens with zero attached hydrogens (tertiary/aromatic N) is 1. The molecule has 0 N–H and O–H groups in total. The molecule has 1 radical (unpaired) electrons. The van der Waals surface area contributed by atoms with Gasteiger partial charge < -0.3 is 0 Å². The number of para-hydroxylation sites is 2. The van der Waals surface area contributed by atoms with Crippen LogP contribution >= 0.6 is 0 Å². The Kier molecular flexibility index (Phi) is 3.94. The first-order valence-corrected chi connectivity index (χ1v) is 8.25. The Morgan fingerprint density at radius 2 is 1.14 bits per heavy atom. The summed E-state index contributed by atoms with van der Waals surface area (Å²) in [6, 6.07) is 27.2. The molecule has 3 rings (SSSR count). The molecule has 0 aromatic heterocycles. The molecule has 0 spiro atoms. The maximum atomic E-state index is 13.0. The highest BCUT2D eigenvalue weighted by molar-refractivity contribution is 7.93. The molecular formula is C18H14NO2S. The third-order valence-corrected chi connectivity index (χ3v) is 4.98. The zero-order valence-corrected chi connectivity index (χ0v) is 12.6. The molecule has 3 aromatic rings. The molecule has 0 unspecified atom stereocenters. The van der Waals surface area contributed by atoms with Gasteiger partial charge in [-0.1, -0.05) is 48.5 Å². The number of sulfonamides is 1. The summed E-state index contributed by atoms with van der Waals surface area (Å²) in [5.74, 6) is 0. The Hall–Kier alpha value is -2.59. The van der Waals surface area contributed by atoms with Crippen molar-refractivity contribution in [3.63, 3.8) is 0 Å². The Labute approximate surface area is 130 Å². The van der Waals surface area contributed by atoms with Crippen LogP contribution < -0.4 is 4.31 Å². The molecule has 0 saturated carbocycles. The lowest BCUT2D eigenvalue weighted by molar-refractivity contribution is 0.596. The van der Waals surface area contributed by atoms with E-state index in [1.54, 1.807) is 48.5 Å². The molecule has 4 heteroatoms. The minimum absolute atomic E-state index is 0.235. The van der Waals surface area contributed by atoms with Gasteiger partial charge in [0.15, 0.2) is 0 Å². The highest BCUT2D eigenvalue weighted by Crippen LogP contribution is 2.31. The van der Waals surface area contributed by atoms with E-state index in [0.29, 0.717) is 11.4 Å². The van der Waals surface area contributed by atoms with Crippen LogP contribution in [-0.4, -0.2) is 8.42 Å². The monoisotopic (exact) mass is 308 g/mol. The summed E-state index contributed by atoms with van der Waals surface area (Å²) >= 11 is 0. The molecular weight excluding hydrogens is 294 g/mol. The van der Waals surface area contributed by atoms with Crippen LogP contribution in [0.3, 0.4) is 0 Å². The van der Waals surface area contributed by atoms with Gasteiger partial charge in [-0.25, -0.2) is 12.7 Å². The van der Waals surface area contributed by atoms with Gasteiger partial charge in [-0.05, 0) is 42.5 Å². The quantitative estimate of drug-likeness (QED) is 0.730. The van der Waals surface area contributed by atoms with Gasteiger partial charge in [0, 0.05) is 0 Å². The van der Waals surface area contributed by atoms with Gasteiger partial charge in [-0.3, -0.25) is 0 Å². The van der Waals surface area contributed by atoms with Crippen molar-refractivity contribution in [3.05, 3.63) is 91.0 Å². The lowest BCUT2D eigenvalue weighted by Crippen LogP contribution is -2.26. The van der Waals surface area contributed by atoms with E-state index in [1.165, 1.54) is 4.31 Å². The normalized spacial score (nSPS) is 11.1. The van der Waals surface area contributed by atoms with E-state index in [4.69, 9.17) is 0 Å². The molecule has 0 atom stereocenters. The maximum Gasteiger partial charge on any atom is 0.268 e. The van der Waals surface area contributed by atoms with Crippen molar-refractivity contribution < 1.29 is 8.42 Å². The first-order valence-electron chi connectivity index (χ1n) is 6.81. The Morgan fingerprint density at radius 3 is 1.59 bits per heavy atom. The number of anilines is 2. The number of hydrogen-bond acceptors (Lipinski definition) is 2. The Bertz CT molecular complexity index is 793. The summed E-state index contributed by atoms with van der Waals surface area (Å²) in [7, 11) is -3.69. The van der Waals surface area contributed by atoms with Crippen LogP contribution in [0.2, 0.25) is 0 Å². The fourth-order valence-electron chi connectivity index (χ4n) is 2.20. The van der Waals surface area contributed by atoms with Gasteiger partial charge in [0.25, 0.3) is 10.0 Å². The predicted molar refractivity (Wildman–Crippen MR) is 87.5 cm³/mol. The lowest BCUT2D eigenvalue weighted by Gasteiger charge is -2.24. The molecule has 3 aromatic carbocycles. The second-order valence-electron chi connectivity index (χ2n) is 4.68. The number of rotatable bonds is 4.